The molecule has 1 amide bonds. The molecule has 0 atom stereocenters. The molecule has 0 heterocycles. The van der Waals surface area contributed by atoms with E-state index in [4.69, 9.17) is 14.2 Å². The normalized spacial score (nSPS) is 10.8. The number of benzene rings is 3. The minimum absolute atomic E-state index is 0.0656. The Morgan fingerprint density at radius 1 is 0.742 bits per heavy atom. The van der Waals surface area contributed by atoms with E-state index in [1.54, 1.807) is 55.6 Å². The Kier molecular flexibility index (Phi) is 6.99. The van der Waals surface area contributed by atoms with Crippen LogP contribution in [0.25, 0.3) is 0 Å². The maximum absolute atomic E-state index is 12.5. The second kappa shape index (κ2) is 9.86. The molecule has 0 aliphatic carbocycles. The lowest BCUT2D eigenvalue weighted by atomic mass is 10.3. The maximum Gasteiger partial charge on any atom is 0.262 e. The number of nitrogens with one attached hydrogen (secondary N) is 2. The standard InChI is InChI=1S/C22H22N2O6S/c1-28-18-7-3-17(4-8-18)24-31(26,27)21-13-5-16(6-14-21)23-22(25)15-30-20-11-9-19(29-2)10-12-20/h3-14,24H,15H2,1-2H3,(H,23,25). The Morgan fingerprint density at radius 3 is 1.77 bits per heavy atom. The number of methoxy groups -OCH3 is 2. The average molecular weight is 442 g/mol. The van der Waals surface area contributed by atoms with E-state index in [1.165, 1.54) is 31.4 Å². The topological polar surface area (TPSA) is 103 Å². The van der Waals surface area contributed by atoms with E-state index in [9.17, 15) is 13.2 Å². The van der Waals surface area contributed by atoms with Crippen LogP contribution in [0.3, 0.4) is 0 Å². The van der Waals surface area contributed by atoms with E-state index in [0.717, 1.165) is 0 Å². The van der Waals surface area contributed by atoms with Crippen LogP contribution in [0.4, 0.5) is 11.4 Å². The lowest BCUT2D eigenvalue weighted by molar-refractivity contribution is -0.118. The number of ether oxygens (including phenoxy) is 3. The first kappa shape index (κ1) is 22.0. The molecule has 0 spiro atoms. The molecule has 0 saturated heterocycles. The van der Waals surface area contributed by atoms with Crippen molar-refractivity contribution in [3.05, 3.63) is 72.8 Å². The van der Waals surface area contributed by atoms with Crippen molar-refractivity contribution in [2.45, 2.75) is 4.90 Å². The van der Waals surface area contributed by atoms with Gasteiger partial charge in [-0.25, -0.2) is 8.42 Å². The van der Waals surface area contributed by atoms with Crippen molar-refractivity contribution < 1.29 is 27.4 Å². The molecule has 0 saturated carbocycles. The summed E-state index contributed by atoms with van der Waals surface area (Å²) in [6.45, 7) is -0.189. The van der Waals surface area contributed by atoms with E-state index in [2.05, 4.69) is 10.0 Å². The number of anilines is 2. The molecule has 3 rings (SSSR count). The molecule has 0 radical (unpaired) electrons. The molecule has 162 valence electrons. The zero-order valence-electron chi connectivity index (χ0n) is 17.0. The van der Waals surface area contributed by atoms with E-state index in [1.807, 2.05) is 0 Å². The first-order chi connectivity index (χ1) is 14.9. The van der Waals surface area contributed by atoms with Gasteiger partial charge in [-0.15, -0.1) is 0 Å². The first-order valence-electron chi connectivity index (χ1n) is 9.23. The monoisotopic (exact) mass is 442 g/mol. The average Bonchev–Trinajstić information content (AvgIpc) is 2.78. The predicted octanol–water partition coefficient (Wildman–Crippen LogP) is 3.52. The number of carbonyl (C=O) groups is 1. The minimum atomic E-state index is -3.77. The zero-order chi connectivity index (χ0) is 22.3. The predicted molar refractivity (Wildman–Crippen MR) is 117 cm³/mol. The van der Waals surface area contributed by atoms with Crippen molar-refractivity contribution in [2.75, 3.05) is 30.9 Å². The highest BCUT2D eigenvalue weighted by Gasteiger charge is 2.14. The van der Waals surface area contributed by atoms with Gasteiger partial charge in [0.25, 0.3) is 15.9 Å². The largest absolute Gasteiger partial charge is 0.497 e. The molecule has 8 nitrogen and oxygen atoms in total. The molecule has 31 heavy (non-hydrogen) atoms. The van der Waals surface area contributed by atoms with Gasteiger partial charge in [-0.1, -0.05) is 0 Å². The summed E-state index contributed by atoms with van der Waals surface area (Å²) in [7, 11) is -0.672. The molecule has 9 heteroatoms. The fourth-order valence-corrected chi connectivity index (χ4v) is 3.67. The van der Waals surface area contributed by atoms with Gasteiger partial charge in [0.05, 0.1) is 19.1 Å². The van der Waals surface area contributed by atoms with Crippen LogP contribution in [-0.4, -0.2) is 35.2 Å². The number of amides is 1. The van der Waals surface area contributed by atoms with Crippen molar-refractivity contribution in [3.63, 3.8) is 0 Å². The summed E-state index contributed by atoms with van der Waals surface area (Å²) in [6, 6.07) is 19.2. The van der Waals surface area contributed by atoms with Gasteiger partial charge >= 0.3 is 0 Å². The van der Waals surface area contributed by atoms with Crippen LogP contribution in [0.1, 0.15) is 0 Å². The molecule has 0 fully saturated rings. The summed E-state index contributed by atoms with van der Waals surface area (Å²) in [6.07, 6.45) is 0. The smallest absolute Gasteiger partial charge is 0.262 e. The van der Waals surface area contributed by atoms with Crippen LogP contribution in [0, 0.1) is 0 Å². The number of hydrogen-bond acceptors (Lipinski definition) is 6. The van der Waals surface area contributed by atoms with Crippen LogP contribution < -0.4 is 24.2 Å². The number of sulfonamides is 1. The van der Waals surface area contributed by atoms with Gasteiger partial charge in [-0.05, 0) is 72.8 Å². The van der Waals surface area contributed by atoms with Crippen LogP contribution in [-0.2, 0) is 14.8 Å². The lowest BCUT2D eigenvalue weighted by Crippen LogP contribution is -2.20. The van der Waals surface area contributed by atoms with Crippen LogP contribution in [0.2, 0.25) is 0 Å². The molecular weight excluding hydrogens is 420 g/mol. The van der Waals surface area contributed by atoms with Crippen LogP contribution >= 0.6 is 0 Å². The Hall–Kier alpha value is -3.72. The van der Waals surface area contributed by atoms with Crippen molar-refractivity contribution in [2.24, 2.45) is 0 Å². The fraction of sp³-hybridized carbons (Fsp3) is 0.136. The first-order valence-corrected chi connectivity index (χ1v) is 10.7. The second-order valence-corrected chi connectivity index (χ2v) is 8.05. The number of hydrogen-bond donors (Lipinski definition) is 2. The third-order valence-electron chi connectivity index (χ3n) is 4.22. The lowest BCUT2D eigenvalue weighted by Gasteiger charge is -2.10. The van der Waals surface area contributed by atoms with Gasteiger partial charge < -0.3 is 19.5 Å². The summed E-state index contributed by atoms with van der Waals surface area (Å²) >= 11 is 0. The quantitative estimate of drug-likeness (QED) is 0.526. The van der Waals surface area contributed by atoms with Gasteiger partial charge in [-0.2, -0.15) is 0 Å². The van der Waals surface area contributed by atoms with Crippen molar-refractivity contribution in [1.29, 1.82) is 0 Å². The van der Waals surface area contributed by atoms with Crippen LogP contribution in [0.5, 0.6) is 17.2 Å². The zero-order valence-corrected chi connectivity index (χ0v) is 17.8. The number of carbonyl (C=O) groups excluding carboxylic acids is 1. The van der Waals surface area contributed by atoms with Gasteiger partial charge in [0.2, 0.25) is 0 Å². The summed E-state index contributed by atoms with van der Waals surface area (Å²) in [4.78, 5) is 12.1. The summed E-state index contributed by atoms with van der Waals surface area (Å²) < 4.78 is 43.1. The van der Waals surface area contributed by atoms with E-state index >= 15 is 0 Å². The molecule has 3 aromatic rings. The van der Waals surface area contributed by atoms with Gasteiger partial charge in [0.15, 0.2) is 6.61 Å². The molecule has 0 aliphatic rings. The highest BCUT2D eigenvalue weighted by molar-refractivity contribution is 7.92. The van der Waals surface area contributed by atoms with E-state index < -0.39 is 10.0 Å². The van der Waals surface area contributed by atoms with Crippen molar-refractivity contribution in [3.8, 4) is 17.2 Å². The summed E-state index contributed by atoms with van der Waals surface area (Å²) in [5.41, 5.74) is 0.862. The van der Waals surface area contributed by atoms with Gasteiger partial charge in [-0.3, -0.25) is 9.52 Å². The number of rotatable bonds is 9. The Balaban J connectivity index is 1.56. The van der Waals surface area contributed by atoms with Crippen molar-refractivity contribution in [1.82, 2.24) is 0 Å². The molecule has 0 bridgehead atoms. The molecule has 0 aromatic heterocycles. The SMILES string of the molecule is COc1ccc(NS(=O)(=O)c2ccc(NC(=O)COc3ccc(OC)cc3)cc2)cc1. The van der Waals surface area contributed by atoms with Gasteiger partial charge in [0.1, 0.15) is 17.2 Å². The Morgan fingerprint density at radius 2 is 1.23 bits per heavy atom. The highest BCUT2D eigenvalue weighted by Crippen LogP contribution is 2.21. The third kappa shape index (κ3) is 6.13. The second-order valence-electron chi connectivity index (χ2n) is 6.37. The maximum atomic E-state index is 12.5. The Bertz CT molecular complexity index is 1110. The molecule has 0 unspecified atom stereocenters. The summed E-state index contributed by atoms with van der Waals surface area (Å²) in [5.74, 6) is 1.47. The molecule has 0 aliphatic heterocycles. The van der Waals surface area contributed by atoms with Crippen molar-refractivity contribution >= 4 is 27.3 Å². The van der Waals surface area contributed by atoms with E-state index in [-0.39, 0.29) is 17.4 Å². The molecule has 2 N–H and O–H groups in total. The van der Waals surface area contributed by atoms with Gasteiger partial charge in [0, 0.05) is 11.4 Å². The molecular formula is C22H22N2O6S. The fourth-order valence-electron chi connectivity index (χ4n) is 2.61. The third-order valence-corrected chi connectivity index (χ3v) is 5.62. The van der Waals surface area contributed by atoms with E-state index in [0.29, 0.717) is 28.6 Å². The highest BCUT2D eigenvalue weighted by atomic mass is 32.2. The summed E-state index contributed by atoms with van der Waals surface area (Å²) in [5, 5.41) is 2.66. The minimum Gasteiger partial charge on any atom is -0.497 e. The van der Waals surface area contributed by atoms with Crippen LogP contribution in [0.15, 0.2) is 77.7 Å². The molecule has 3 aromatic carbocycles. The Labute approximate surface area is 180 Å².